The summed E-state index contributed by atoms with van der Waals surface area (Å²) in [6, 6.07) is 43.8. The molecule has 1 aliphatic carbocycles. The Hall–Kier alpha value is -4.21. The first kappa shape index (κ1) is 23.9. The summed E-state index contributed by atoms with van der Waals surface area (Å²) < 4.78 is 1.24. The van der Waals surface area contributed by atoms with Crippen LogP contribution in [0.15, 0.2) is 121 Å². The molecule has 0 bridgehead atoms. The van der Waals surface area contributed by atoms with Crippen molar-refractivity contribution in [3.8, 4) is 21.7 Å². The van der Waals surface area contributed by atoms with Crippen molar-refractivity contribution in [2.45, 2.75) is 32.1 Å². The van der Waals surface area contributed by atoms with E-state index in [0.29, 0.717) is 0 Å². The highest BCUT2D eigenvalue weighted by Crippen LogP contribution is 2.55. The molecule has 0 saturated heterocycles. The van der Waals surface area contributed by atoms with E-state index in [0.717, 1.165) is 34.7 Å². The quantitative estimate of drug-likeness (QED) is 0.216. The molecule has 0 atom stereocenters. The van der Waals surface area contributed by atoms with Gasteiger partial charge in [-0.05, 0) is 89.7 Å². The summed E-state index contributed by atoms with van der Waals surface area (Å²) in [4.78, 5) is 7.34. The third-order valence-electron chi connectivity index (χ3n) is 8.38. The van der Waals surface area contributed by atoms with Crippen LogP contribution in [-0.2, 0) is 5.41 Å². The van der Waals surface area contributed by atoms with E-state index >= 15 is 0 Å². The number of fused-ring (bicyclic) bond motifs is 4. The van der Waals surface area contributed by atoms with Gasteiger partial charge in [0.1, 0.15) is 5.01 Å². The molecule has 0 unspecified atom stereocenters. The standard InChI is InChI=1S/C36H30N2S/c1-3-36(4-2)31-23-25(35-37-33-17-11-12-18-34(33)39-35)19-21-29(31)30-22-20-28(24-32(30)36)38(26-13-7-5-8-14-26)27-15-9-6-10-16-27/h5-24H,3-4H2,1-2H3. The molecule has 7 rings (SSSR count). The minimum absolute atomic E-state index is 0.0353. The average molecular weight is 523 g/mol. The Morgan fingerprint density at radius 3 is 1.85 bits per heavy atom. The molecule has 0 spiro atoms. The highest BCUT2D eigenvalue weighted by molar-refractivity contribution is 7.21. The molecule has 6 aromatic rings. The SMILES string of the molecule is CCC1(CC)c2cc(-c3nc4ccccc4s3)ccc2-c2ccc(N(c3ccccc3)c3ccccc3)cc21. The molecule has 5 aromatic carbocycles. The van der Waals surface area contributed by atoms with E-state index in [1.165, 1.54) is 38.2 Å². The van der Waals surface area contributed by atoms with Gasteiger partial charge in [0.15, 0.2) is 0 Å². The summed E-state index contributed by atoms with van der Waals surface area (Å²) in [5, 5.41) is 1.09. The van der Waals surface area contributed by atoms with Gasteiger partial charge in [0.05, 0.1) is 10.2 Å². The number of benzene rings is 5. The normalized spacial score (nSPS) is 13.3. The minimum Gasteiger partial charge on any atom is -0.310 e. The van der Waals surface area contributed by atoms with Crippen LogP contribution in [0, 0.1) is 0 Å². The summed E-state index contributed by atoms with van der Waals surface area (Å²) in [6.07, 6.45) is 2.10. The lowest BCUT2D eigenvalue weighted by atomic mass is 9.73. The van der Waals surface area contributed by atoms with Crippen molar-refractivity contribution in [1.82, 2.24) is 4.98 Å². The van der Waals surface area contributed by atoms with Crippen molar-refractivity contribution < 1.29 is 0 Å². The number of thiazole rings is 1. The predicted molar refractivity (Wildman–Crippen MR) is 167 cm³/mol. The van der Waals surface area contributed by atoms with Crippen LogP contribution in [0.2, 0.25) is 0 Å². The van der Waals surface area contributed by atoms with Crippen LogP contribution in [0.3, 0.4) is 0 Å². The van der Waals surface area contributed by atoms with Gasteiger partial charge in [-0.15, -0.1) is 11.3 Å². The second kappa shape index (κ2) is 9.52. The molecule has 1 aromatic heterocycles. The lowest BCUT2D eigenvalue weighted by Gasteiger charge is -2.32. The first-order chi connectivity index (χ1) is 19.2. The highest BCUT2D eigenvalue weighted by atomic mass is 32.1. The fraction of sp³-hybridized carbons (Fsp3) is 0.139. The second-order valence-corrected chi connectivity index (χ2v) is 11.3. The molecule has 0 N–H and O–H groups in total. The van der Waals surface area contributed by atoms with Gasteiger partial charge in [0, 0.05) is 28.0 Å². The molecular formula is C36H30N2S. The molecule has 1 aliphatic rings. The molecular weight excluding hydrogens is 492 g/mol. The zero-order chi connectivity index (χ0) is 26.4. The molecule has 0 saturated carbocycles. The van der Waals surface area contributed by atoms with Gasteiger partial charge in [-0.1, -0.05) is 80.6 Å². The van der Waals surface area contributed by atoms with Crippen molar-refractivity contribution in [3.05, 3.63) is 132 Å². The monoisotopic (exact) mass is 522 g/mol. The first-order valence-corrected chi connectivity index (χ1v) is 14.6. The fourth-order valence-electron chi connectivity index (χ4n) is 6.36. The van der Waals surface area contributed by atoms with Gasteiger partial charge >= 0.3 is 0 Å². The van der Waals surface area contributed by atoms with Crippen molar-refractivity contribution in [3.63, 3.8) is 0 Å². The van der Waals surface area contributed by atoms with E-state index in [-0.39, 0.29) is 5.41 Å². The summed E-state index contributed by atoms with van der Waals surface area (Å²) in [5.74, 6) is 0. The summed E-state index contributed by atoms with van der Waals surface area (Å²) in [7, 11) is 0. The number of hydrogen-bond donors (Lipinski definition) is 0. The van der Waals surface area contributed by atoms with Crippen molar-refractivity contribution in [1.29, 1.82) is 0 Å². The Labute approximate surface area is 234 Å². The molecule has 39 heavy (non-hydrogen) atoms. The number of rotatable bonds is 6. The van der Waals surface area contributed by atoms with E-state index in [1.54, 1.807) is 11.3 Å². The molecule has 1 heterocycles. The van der Waals surface area contributed by atoms with Crippen LogP contribution in [0.1, 0.15) is 37.8 Å². The molecule has 190 valence electrons. The van der Waals surface area contributed by atoms with E-state index in [4.69, 9.17) is 4.98 Å². The minimum atomic E-state index is -0.0353. The van der Waals surface area contributed by atoms with E-state index in [9.17, 15) is 0 Å². The number of hydrogen-bond acceptors (Lipinski definition) is 3. The number of nitrogens with zero attached hydrogens (tertiary/aromatic N) is 2. The Balaban J connectivity index is 1.38. The number of aromatic nitrogens is 1. The summed E-state index contributed by atoms with van der Waals surface area (Å²) in [5.41, 5.74) is 11.3. The summed E-state index contributed by atoms with van der Waals surface area (Å²) in [6.45, 7) is 4.68. The van der Waals surface area contributed by atoms with Gasteiger partial charge in [0.25, 0.3) is 0 Å². The van der Waals surface area contributed by atoms with Crippen molar-refractivity contribution in [2.24, 2.45) is 0 Å². The van der Waals surface area contributed by atoms with Crippen LogP contribution in [0.25, 0.3) is 31.9 Å². The van der Waals surface area contributed by atoms with Crippen molar-refractivity contribution in [2.75, 3.05) is 4.90 Å². The zero-order valence-electron chi connectivity index (χ0n) is 22.3. The van der Waals surface area contributed by atoms with Crippen LogP contribution in [0.5, 0.6) is 0 Å². The number of anilines is 3. The van der Waals surface area contributed by atoms with E-state index in [2.05, 4.69) is 140 Å². The average Bonchev–Trinajstić information content (AvgIpc) is 3.55. The van der Waals surface area contributed by atoms with Crippen molar-refractivity contribution >= 4 is 38.6 Å². The molecule has 2 nitrogen and oxygen atoms in total. The smallest absolute Gasteiger partial charge is 0.124 e. The maximum Gasteiger partial charge on any atom is 0.124 e. The van der Waals surface area contributed by atoms with Crippen LogP contribution in [0.4, 0.5) is 17.1 Å². The van der Waals surface area contributed by atoms with Crippen LogP contribution in [-0.4, -0.2) is 4.98 Å². The third kappa shape index (κ3) is 3.80. The fourth-order valence-corrected chi connectivity index (χ4v) is 7.33. The zero-order valence-corrected chi connectivity index (χ0v) is 23.1. The molecule has 3 heteroatoms. The largest absolute Gasteiger partial charge is 0.310 e. The lowest BCUT2D eigenvalue weighted by Crippen LogP contribution is -2.23. The predicted octanol–water partition coefficient (Wildman–Crippen LogP) is 10.5. The Kier molecular flexibility index (Phi) is 5.82. The maximum atomic E-state index is 4.97. The van der Waals surface area contributed by atoms with E-state index in [1.807, 2.05) is 0 Å². The highest BCUT2D eigenvalue weighted by Gasteiger charge is 2.41. The lowest BCUT2D eigenvalue weighted by molar-refractivity contribution is 0.490. The topological polar surface area (TPSA) is 16.1 Å². The van der Waals surface area contributed by atoms with Crippen LogP contribution < -0.4 is 4.90 Å². The van der Waals surface area contributed by atoms with Crippen LogP contribution >= 0.6 is 11.3 Å². The second-order valence-electron chi connectivity index (χ2n) is 10.3. The Bertz CT molecular complexity index is 1710. The van der Waals surface area contributed by atoms with E-state index < -0.39 is 0 Å². The van der Waals surface area contributed by atoms with Gasteiger partial charge in [-0.25, -0.2) is 4.98 Å². The molecule has 0 radical (unpaired) electrons. The Morgan fingerprint density at radius 1 is 0.615 bits per heavy atom. The molecule has 0 aliphatic heterocycles. The third-order valence-corrected chi connectivity index (χ3v) is 9.46. The van der Waals surface area contributed by atoms with Gasteiger partial charge in [-0.3, -0.25) is 0 Å². The first-order valence-electron chi connectivity index (χ1n) is 13.8. The molecule has 0 amide bonds. The summed E-state index contributed by atoms with van der Waals surface area (Å²) >= 11 is 1.78. The van der Waals surface area contributed by atoms with Gasteiger partial charge in [-0.2, -0.15) is 0 Å². The Morgan fingerprint density at radius 2 is 1.21 bits per heavy atom. The number of para-hydroxylation sites is 3. The maximum absolute atomic E-state index is 4.97. The van der Waals surface area contributed by atoms with Gasteiger partial charge in [0.2, 0.25) is 0 Å². The van der Waals surface area contributed by atoms with Gasteiger partial charge < -0.3 is 4.90 Å². The molecule has 0 fully saturated rings.